The van der Waals surface area contributed by atoms with Crippen LogP contribution in [0.4, 0.5) is 5.69 Å². The third kappa shape index (κ3) is 2.21. The highest BCUT2D eigenvalue weighted by Gasteiger charge is 2.21. The molecule has 15 heavy (non-hydrogen) atoms. The predicted octanol–water partition coefficient (Wildman–Crippen LogP) is 1.97. The van der Waals surface area contributed by atoms with Crippen LogP contribution in [0.1, 0.15) is 36.7 Å². The van der Waals surface area contributed by atoms with Gasteiger partial charge in [-0.3, -0.25) is 0 Å². The van der Waals surface area contributed by atoms with Crippen LogP contribution in [-0.4, -0.2) is 16.2 Å². The Hall–Kier alpha value is -1.71. The average molecular weight is 209 g/mol. The summed E-state index contributed by atoms with van der Waals surface area (Å²) in [5.41, 5.74) is 5.93. The van der Waals surface area contributed by atoms with E-state index in [9.17, 15) is 9.90 Å². The highest BCUT2D eigenvalue weighted by atomic mass is 16.4. The van der Waals surface area contributed by atoms with E-state index in [0.717, 1.165) is 0 Å². The summed E-state index contributed by atoms with van der Waals surface area (Å²) < 4.78 is 0. The monoisotopic (exact) mass is 209 g/mol. The quantitative estimate of drug-likeness (QED) is 0.487. The van der Waals surface area contributed by atoms with E-state index in [4.69, 9.17) is 10.8 Å². The minimum atomic E-state index is -1.05. The van der Waals surface area contributed by atoms with Crippen LogP contribution in [0.2, 0.25) is 0 Å². The first-order valence-electron chi connectivity index (χ1n) is 4.59. The van der Waals surface area contributed by atoms with Crippen molar-refractivity contribution in [2.45, 2.75) is 26.2 Å². The molecule has 1 rings (SSSR count). The molecule has 0 saturated heterocycles. The molecule has 0 saturated carbocycles. The van der Waals surface area contributed by atoms with E-state index < -0.39 is 5.97 Å². The fourth-order valence-corrected chi connectivity index (χ4v) is 1.35. The zero-order valence-electron chi connectivity index (χ0n) is 9.03. The van der Waals surface area contributed by atoms with Gasteiger partial charge in [0.25, 0.3) is 0 Å². The highest BCUT2D eigenvalue weighted by molar-refractivity contribution is 5.90. The smallest absolute Gasteiger partial charge is 0.335 e. The van der Waals surface area contributed by atoms with Crippen molar-refractivity contribution in [3.63, 3.8) is 0 Å². The molecule has 0 fully saturated rings. The summed E-state index contributed by atoms with van der Waals surface area (Å²) in [5, 5.41) is 18.6. The second-order valence-corrected chi connectivity index (χ2v) is 4.52. The molecular weight excluding hydrogens is 194 g/mol. The van der Waals surface area contributed by atoms with Crippen molar-refractivity contribution in [1.82, 2.24) is 0 Å². The van der Waals surface area contributed by atoms with Gasteiger partial charge in [-0.2, -0.15) is 0 Å². The van der Waals surface area contributed by atoms with E-state index >= 15 is 0 Å². The number of carboxylic acids is 1. The summed E-state index contributed by atoms with van der Waals surface area (Å²) in [7, 11) is 0. The Bertz CT molecular complexity index is 405. The van der Waals surface area contributed by atoms with Gasteiger partial charge in [-0.1, -0.05) is 20.8 Å². The van der Waals surface area contributed by atoms with Crippen molar-refractivity contribution < 1.29 is 15.0 Å². The SMILES string of the molecule is CC(C)(C)c1cc(C(=O)O)cc(N)c1O. The number of nitrogens with two attached hydrogens (primary N) is 1. The molecule has 82 valence electrons. The molecule has 0 amide bonds. The zero-order chi connectivity index (χ0) is 11.8. The Labute approximate surface area is 88.3 Å². The Balaban J connectivity index is 3.45. The number of aromatic hydroxyl groups is 1. The van der Waals surface area contributed by atoms with Crippen LogP contribution in [-0.2, 0) is 5.41 Å². The third-order valence-corrected chi connectivity index (χ3v) is 2.19. The molecule has 1 aromatic rings. The van der Waals surface area contributed by atoms with Crippen LogP contribution in [0.3, 0.4) is 0 Å². The van der Waals surface area contributed by atoms with Crippen molar-refractivity contribution >= 4 is 11.7 Å². The first-order chi connectivity index (χ1) is 6.73. The van der Waals surface area contributed by atoms with Crippen molar-refractivity contribution in [3.8, 4) is 5.75 Å². The molecular formula is C11H15NO3. The molecule has 1 aromatic carbocycles. The van der Waals surface area contributed by atoms with Gasteiger partial charge in [0.1, 0.15) is 5.75 Å². The van der Waals surface area contributed by atoms with E-state index in [1.807, 2.05) is 20.8 Å². The number of phenols is 1. The van der Waals surface area contributed by atoms with Crippen molar-refractivity contribution in [3.05, 3.63) is 23.3 Å². The van der Waals surface area contributed by atoms with Crippen molar-refractivity contribution in [1.29, 1.82) is 0 Å². The lowest BCUT2D eigenvalue weighted by Gasteiger charge is -2.21. The lowest BCUT2D eigenvalue weighted by Crippen LogP contribution is -2.13. The Kier molecular flexibility index (Phi) is 2.62. The Morgan fingerprint density at radius 1 is 1.33 bits per heavy atom. The Morgan fingerprint density at radius 3 is 2.27 bits per heavy atom. The van der Waals surface area contributed by atoms with Gasteiger partial charge < -0.3 is 15.9 Å². The average Bonchev–Trinajstić information content (AvgIpc) is 2.06. The lowest BCUT2D eigenvalue weighted by molar-refractivity contribution is 0.0697. The maximum atomic E-state index is 10.8. The zero-order valence-corrected chi connectivity index (χ0v) is 9.03. The van der Waals surface area contributed by atoms with Crippen molar-refractivity contribution in [2.75, 3.05) is 5.73 Å². The maximum Gasteiger partial charge on any atom is 0.335 e. The number of hydrogen-bond donors (Lipinski definition) is 3. The molecule has 4 N–H and O–H groups in total. The molecule has 0 aliphatic heterocycles. The van der Waals surface area contributed by atoms with E-state index in [1.165, 1.54) is 12.1 Å². The fraction of sp³-hybridized carbons (Fsp3) is 0.364. The summed E-state index contributed by atoms with van der Waals surface area (Å²) >= 11 is 0. The van der Waals surface area contributed by atoms with Crippen LogP contribution in [0.25, 0.3) is 0 Å². The number of aromatic carboxylic acids is 1. The standard InChI is InChI=1S/C11H15NO3/c1-11(2,3)7-4-6(10(14)15)5-8(12)9(7)13/h4-5,13H,12H2,1-3H3,(H,14,15). The molecule has 0 atom stereocenters. The minimum Gasteiger partial charge on any atom is -0.505 e. The molecule has 0 aliphatic rings. The second-order valence-electron chi connectivity index (χ2n) is 4.52. The number of benzene rings is 1. The number of carbonyl (C=O) groups is 1. The number of anilines is 1. The van der Waals surface area contributed by atoms with Crippen LogP contribution in [0.15, 0.2) is 12.1 Å². The number of phenolic OH excluding ortho intramolecular Hbond substituents is 1. The number of carboxylic acid groups (broad SMARTS) is 1. The summed E-state index contributed by atoms with van der Waals surface area (Å²) in [6.45, 7) is 5.65. The van der Waals surface area contributed by atoms with Crippen LogP contribution in [0, 0.1) is 0 Å². The van der Waals surface area contributed by atoms with Gasteiger partial charge in [0.15, 0.2) is 0 Å². The van der Waals surface area contributed by atoms with E-state index in [2.05, 4.69) is 0 Å². The predicted molar refractivity (Wildman–Crippen MR) is 58.2 cm³/mol. The van der Waals surface area contributed by atoms with Gasteiger partial charge >= 0.3 is 5.97 Å². The second kappa shape index (κ2) is 3.46. The molecule has 0 unspecified atom stereocenters. The maximum absolute atomic E-state index is 10.8. The van der Waals surface area contributed by atoms with Crippen molar-refractivity contribution in [2.24, 2.45) is 0 Å². The van der Waals surface area contributed by atoms with E-state index in [1.54, 1.807) is 0 Å². The fourth-order valence-electron chi connectivity index (χ4n) is 1.35. The van der Waals surface area contributed by atoms with Gasteiger partial charge in [-0.05, 0) is 17.5 Å². The molecule has 0 heterocycles. The molecule has 4 nitrogen and oxygen atoms in total. The summed E-state index contributed by atoms with van der Waals surface area (Å²) in [4.78, 5) is 10.8. The first-order valence-corrected chi connectivity index (χ1v) is 4.59. The molecule has 0 radical (unpaired) electrons. The largest absolute Gasteiger partial charge is 0.505 e. The van der Waals surface area contributed by atoms with Gasteiger partial charge in [0.05, 0.1) is 11.3 Å². The van der Waals surface area contributed by atoms with Crippen LogP contribution < -0.4 is 5.73 Å². The van der Waals surface area contributed by atoms with Crippen LogP contribution in [0.5, 0.6) is 5.75 Å². The van der Waals surface area contributed by atoms with Crippen LogP contribution >= 0.6 is 0 Å². The molecule has 0 aromatic heterocycles. The molecule has 0 bridgehead atoms. The minimum absolute atomic E-state index is 0.0347. The van der Waals surface area contributed by atoms with E-state index in [0.29, 0.717) is 5.56 Å². The number of hydrogen-bond acceptors (Lipinski definition) is 3. The van der Waals surface area contributed by atoms with Gasteiger partial charge in [-0.25, -0.2) is 4.79 Å². The molecule has 4 heteroatoms. The summed E-state index contributed by atoms with van der Waals surface area (Å²) in [5.74, 6) is -1.08. The van der Waals surface area contributed by atoms with E-state index in [-0.39, 0.29) is 22.4 Å². The number of rotatable bonds is 1. The normalized spacial score (nSPS) is 11.4. The third-order valence-electron chi connectivity index (χ3n) is 2.19. The summed E-state index contributed by atoms with van der Waals surface area (Å²) in [6.07, 6.45) is 0. The first kappa shape index (κ1) is 11.4. The van der Waals surface area contributed by atoms with Gasteiger partial charge in [0, 0.05) is 5.56 Å². The summed E-state index contributed by atoms with van der Waals surface area (Å²) in [6, 6.07) is 2.71. The Morgan fingerprint density at radius 2 is 1.87 bits per heavy atom. The lowest BCUT2D eigenvalue weighted by atomic mass is 9.85. The van der Waals surface area contributed by atoms with Gasteiger partial charge in [0.2, 0.25) is 0 Å². The highest BCUT2D eigenvalue weighted by Crippen LogP contribution is 2.35. The molecule has 0 aliphatic carbocycles. The van der Waals surface area contributed by atoms with Gasteiger partial charge in [-0.15, -0.1) is 0 Å². The topological polar surface area (TPSA) is 83.5 Å². The number of nitrogen functional groups attached to an aromatic ring is 1. The molecule has 0 spiro atoms.